The average Bonchev–Trinajstić information content (AvgIpc) is 3.34. The molecule has 2 heterocycles. The van der Waals surface area contributed by atoms with Crippen LogP contribution in [0.25, 0.3) is 0 Å². The van der Waals surface area contributed by atoms with Gasteiger partial charge >= 0.3 is 0 Å². The summed E-state index contributed by atoms with van der Waals surface area (Å²) in [6.07, 6.45) is 7.48. The number of hydrogen-bond acceptors (Lipinski definition) is 5. The molecule has 0 spiro atoms. The Morgan fingerprint density at radius 3 is 2.29 bits per heavy atom. The van der Waals surface area contributed by atoms with Gasteiger partial charge < -0.3 is 10.2 Å². The maximum atomic E-state index is 13.1. The monoisotopic (exact) mass is 423 g/mol. The summed E-state index contributed by atoms with van der Waals surface area (Å²) >= 11 is 0. The van der Waals surface area contributed by atoms with Gasteiger partial charge in [-0.15, -0.1) is 0 Å². The molecule has 2 aliphatic carbocycles. The predicted octanol–water partition coefficient (Wildman–Crippen LogP) is 3.67. The second-order valence-corrected chi connectivity index (χ2v) is 9.31. The van der Waals surface area contributed by atoms with Crippen LogP contribution in [-0.2, 0) is 4.79 Å². The lowest BCUT2D eigenvalue weighted by atomic mass is 9.92. The molecule has 0 bridgehead atoms. The minimum Gasteiger partial charge on any atom is -0.338 e. The van der Waals surface area contributed by atoms with E-state index in [1.807, 2.05) is 12.1 Å². The maximum Gasteiger partial charge on any atom is 0.225 e. The fourth-order valence-corrected chi connectivity index (χ4v) is 6.05. The van der Waals surface area contributed by atoms with Crippen molar-refractivity contribution in [3.8, 4) is 0 Å². The van der Waals surface area contributed by atoms with E-state index < -0.39 is 5.82 Å². The van der Waals surface area contributed by atoms with Crippen LogP contribution in [0.3, 0.4) is 0 Å². The molecule has 7 heteroatoms. The summed E-state index contributed by atoms with van der Waals surface area (Å²) in [6, 6.07) is 8.96. The fraction of sp³-hybridized carbons (Fsp3) is 0.542. The van der Waals surface area contributed by atoms with E-state index in [0.29, 0.717) is 17.9 Å². The number of nitrogens with zero attached hydrogens (tertiary/aromatic N) is 4. The van der Waals surface area contributed by atoms with Crippen molar-refractivity contribution in [1.29, 1.82) is 0 Å². The van der Waals surface area contributed by atoms with Crippen LogP contribution in [0.15, 0.2) is 36.7 Å². The molecule has 2 unspecified atom stereocenters. The number of piperazine rings is 1. The molecule has 1 aromatic heterocycles. The molecule has 2 saturated carbocycles. The number of aromatic nitrogens is 2. The number of nitrogens with one attached hydrogen (secondary N) is 1. The molecule has 1 saturated heterocycles. The van der Waals surface area contributed by atoms with Crippen molar-refractivity contribution in [2.45, 2.75) is 44.6 Å². The number of para-hydroxylation sites is 1. The van der Waals surface area contributed by atoms with Crippen LogP contribution in [0, 0.1) is 17.7 Å². The summed E-state index contributed by atoms with van der Waals surface area (Å²) in [6.45, 7) is 5.39. The van der Waals surface area contributed by atoms with Crippen molar-refractivity contribution < 1.29 is 9.18 Å². The van der Waals surface area contributed by atoms with Crippen molar-refractivity contribution in [3.63, 3.8) is 0 Å². The zero-order chi connectivity index (χ0) is 21.4. The average molecular weight is 424 g/mol. The molecular formula is C24H30FN5O. The Kier molecular flexibility index (Phi) is 5.61. The van der Waals surface area contributed by atoms with E-state index >= 15 is 0 Å². The number of rotatable bonds is 4. The smallest absolute Gasteiger partial charge is 0.225 e. The molecule has 0 radical (unpaired) electrons. The van der Waals surface area contributed by atoms with E-state index in [-0.39, 0.29) is 5.91 Å². The molecule has 3 aliphatic rings. The normalized spacial score (nSPS) is 28.5. The summed E-state index contributed by atoms with van der Waals surface area (Å²) in [4.78, 5) is 24.6. The minimum atomic E-state index is -0.391. The van der Waals surface area contributed by atoms with Crippen LogP contribution in [0.1, 0.15) is 44.1 Å². The Bertz CT molecular complexity index is 914. The Balaban J connectivity index is 1.16. The number of hydrogen-bond donors (Lipinski definition) is 1. The largest absolute Gasteiger partial charge is 0.338 e. The van der Waals surface area contributed by atoms with Crippen LogP contribution in [0.2, 0.25) is 0 Å². The first-order valence-electron chi connectivity index (χ1n) is 11.4. The first-order valence-corrected chi connectivity index (χ1v) is 11.4. The van der Waals surface area contributed by atoms with E-state index in [9.17, 15) is 9.18 Å². The highest BCUT2D eigenvalue weighted by Crippen LogP contribution is 2.52. The van der Waals surface area contributed by atoms with Gasteiger partial charge in [0.25, 0.3) is 0 Å². The Morgan fingerprint density at radius 1 is 1.00 bits per heavy atom. The Labute approximate surface area is 182 Å². The van der Waals surface area contributed by atoms with Gasteiger partial charge in [0.15, 0.2) is 5.82 Å². The van der Waals surface area contributed by atoms with Crippen molar-refractivity contribution in [1.82, 2.24) is 14.9 Å². The second kappa shape index (κ2) is 8.54. The number of halogens is 1. The zero-order valence-electron chi connectivity index (χ0n) is 18.0. The summed E-state index contributed by atoms with van der Waals surface area (Å²) in [7, 11) is 0. The molecule has 164 valence electrons. The van der Waals surface area contributed by atoms with Crippen molar-refractivity contribution in [2.75, 3.05) is 36.4 Å². The highest BCUT2D eigenvalue weighted by Gasteiger charge is 2.44. The van der Waals surface area contributed by atoms with Gasteiger partial charge in [0, 0.05) is 44.8 Å². The number of amides is 1. The number of benzene rings is 1. The fourth-order valence-electron chi connectivity index (χ4n) is 6.05. The molecular weight excluding hydrogens is 393 g/mol. The van der Waals surface area contributed by atoms with E-state index in [4.69, 9.17) is 0 Å². The van der Waals surface area contributed by atoms with Gasteiger partial charge in [0.2, 0.25) is 11.9 Å². The van der Waals surface area contributed by atoms with Crippen LogP contribution in [-0.4, -0.2) is 53.0 Å². The van der Waals surface area contributed by atoms with Crippen molar-refractivity contribution in [2.24, 2.45) is 11.8 Å². The third-order valence-electron chi connectivity index (χ3n) is 7.42. The highest BCUT2D eigenvalue weighted by atomic mass is 19.1. The molecule has 1 N–H and O–H groups in total. The van der Waals surface area contributed by atoms with Gasteiger partial charge in [-0.2, -0.15) is 0 Å². The molecule has 2 aromatic rings. The number of fused-ring (bicyclic) bond motifs is 1. The van der Waals surface area contributed by atoms with Gasteiger partial charge in [-0.3, -0.25) is 9.69 Å². The van der Waals surface area contributed by atoms with E-state index in [0.717, 1.165) is 43.7 Å². The maximum absolute atomic E-state index is 13.1. The van der Waals surface area contributed by atoms with Crippen LogP contribution in [0.5, 0.6) is 0 Å². The molecule has 1 amide bonds. The molecule has 6 nitrogen and oxygen atoms in total. The molecule has 31 heavy (non-hydrogen) atoms. The molecule has 1 aliphatic heterocycles. The predicted molar refractivity (Wildman–Crippen MR) is 118 cm³/mol. The third-order valence-corrected chi connectivity index (χ3v) is 7.42. The van der Waals surface area contributed by atoms with Crippen LogP contribution in [0.4, 0.5) is 16.0 Å². The molecule has 3 fully saturated rings. The van der Waals surface area contributed by atoms with Gasteiger partial charge in [-0.25, -0.2) is 14.4 Å². The minimum absolute atomic E-state index is 0.00381. The second-order valence-electron chi connectivity index (χ2n) is 9.31. The lowest BCUT2D eigenvalue weighted by Gasteiger charge is -2.38. The first-order chi connectivity index (χ1) is 15.1. The molecule has 1 aromatic carbocycles. The summed E-state index contributed by atoms with van der Waals surface area (Å²) in [5.41, 5.74) is 2.28. The standard InChI is InChI=1S/C24H30FN5O/c1-16(31)28-23-5-3-2-4-22(23)19-10-17-12-21(13-18(17)11-19)29-6-8-30(9-7-29)24-26-14-20(25)15-27-24/h2-5,14-15,17-19,21H,6-13H2,1H3,(H,28,31). The van der Waals surface area contributed by atoms with Gasteiger partial charge in [-0.05, 0) is 55.1 Å². The lowest BCUT2D eigenvalue weighted by molar-refractivity contribution is -0.114. The number of anilines is 2. The lowest BCUT2D eigenvalue weighted by Crippen LogP contribution is -2.50. The third kappa shape index (κ3) is 4.28. The Morgan fingerprint density at radius 2 is 1.65 bits per heavy atom. The topological polar surface area (TPSA) is 61.4 Å². The highest BCUT2D eigenvalue weighted by molar-refractivity contribution is 5.89. The van der Waals surface area contributed by atoms with E-state index in [1.165, 1.54) is 43.6 Å². The van der Waals surface area contributed by atoms with Gasteiger partial charge in [0.05, 0.1) is 12.4 Å². The Hall–Kier alpha value is -2.54. The summed E-state index contributed by atoms with van der Waals surface area (Å²) < 4.78 is 13.1. The van der Waals surface area contributed by atoms with Crippen LogP contribution < -0.4 is 10.2 Å². The summed E-state index contributed by atoms with van der Waals surface area (Å²) in [5.74, 6) is 2.34. The van der Waals surface area contributed by atoms with Crippen molar-refractivity contribution >= 4 is 17.5 Å². The summed E-state index contributed by atoms with van der Waals surface area (Å²) in [5, 5.41) is 3.01. The zero-order valence-corrected chi connectivity index (χ0v) is 18.0. The van der Waals surface area contributed by atoms with E-state index in [1.54, 1.807) is 6.92 Å². The van der Waals surface area contributed by atoms with Gasteiger partial charge in [-0.1, -0.05) is 18.2 Å². The molecule has 5 rings (SSSR count). The first kappa shape index (κ1) is 20.4. The molecule has 2 atom stereocenters. The van der Waals surface area contributed by atoms with Gasteiger partial charge in [0.1, 0.15) is 0 Å². The SMILES string of the molecule is CC(=O)Nc1ccccc1C1CC2CC(N3CCN(c4ncc(F)cn4)CC3)CC2C1. The quantitative estimate of drug-likeness (QED) is 0.813. The number of carbonyl (C=O) groups is 1. The van der Waals surface area contributed by atoms with E-state index in [2.05, 4.69) is 37.2 Å². The van der Waals surface area contributed by atoms with Crippen molar-refractivity contribution in [3.05, 3.63) is 48.0 Å². The number of carbonyl (C=O) groups excluding carboxylic acids is 1. The van der Waals surface area contributed by atoms with Crippen LogP contribution >= 0.6 is 0 Å².